The highest BCUT2D eigenvalue weighted by Crippen LogP contribution is 2.43. The molecule has 200 valence electrons. The Labute approximate surface area is 213 Å². The normalized spacial score (nSPS) is 18.2. The van der Waals surface area contributed by atoms with Crippen LogP contribution in [-0.2, 0) is 18.6 Å². The van der Waals surface area contributed by atoms with Crippen molar-refractivity contribution in [1.82, 2.24) is 0 Å². The monoisotopic (exact) mass is 524 g/mol. The first kappa shape index (κ1) is 28.3. The molecule has 0 aromatic heterocycles. The molecule has 0 radical (unpaired) electrons. The van der Waals surface area contributed by atoms with Gasteiger partial charge >= 0.3 is 7.60 Å². The van der Waals surface area contributed by atoms with Crippen LogP contribution in [0.25, 0.3) is 0 Å². The fourth-order valence-electron chi connectivity index (χ4n) is 3.62. The maximum Gasteiger partial charge on any atom is 0.353 e. The van der Waals surface area contributed by atoms with Gasteiger partial charge in [-0.2, -0.15) is 0 Å². The highest BCUT2D eigenvalue weighted by atomic mass is 31.2. The lowest BCUT2D eigenvalue weighted by atomic mass is 9.98. The Bertz CT molecular complexity index is 912. The molecule has 1 unspecified atom stereocenters. The van der Waals surface area contributed by atoms with Crippen LogP contribution in [0.1, 0.15) is 33.1 Å². The molecule has 0 saturated carbocycles. The van der Waals surface area contributed by atoms with Gasteiger partial charge in [-0.25, -0.2) is 0 Å². The second kappa shape index (κ2) is 14.4. The highest BCUT2D eigenvalue weighted by molar-refractivity contribution is 7.52. The zero-order valence-electron chi connectivity index (χ0n) is 21.1. The van der Waals surface area contributed by atoms with Gasteiger partial charge in [-0.15, -0.1) is 0 Å². The highest BCUT2D eigenvalue weighted by Gasteiger charge is 2.37. The van der Waals surface area contributed by atoms with Crippen molar-refractivity contribution in [1.29, 1.82) is 0 Å². The molecule has 0 bridgehead atoms. The summed E-state index contributed by atoms with van der Waals surface area (Å²) in [5.74, 6) is 2.22. The van der Waals surface area contributed by atoms with Crippen molar-refractivity contribution >= 4 is 7.60 Å². The molecule has 0 saturated heterocycles. The minimum Gasteiger partial charge on any atom is -0.487 e. The summed E-state index contributed by atoms with van der Waals surface area (Å²) >= 11 is 0. The van der Waals surface area contributed by atoms with Crippen molar-refractivity contribution in [3.63, 3.8) is 0 Å². The van der Waals surface area contributed by atoms with Gasteiger partial charge in [0.05, 0.1) is 19.8 Å². The van der Waals surface area contributed by atoms with Crippen LogP contribution in [0.15, 0.2) is 48.5 Å². The zero-order valence-corrected chi connectivity index (χ0v) is 22.0. The summed E-state index contributed by atoms with van der Waals surface area (Å²) in [6.45, 7) is 5.44. The third-order valence-corrected chi connectivity index (χ3v) is 6.62. The molecular weight excluding hydrogens is 487 g/mol. The van der Waals surface area contributed by atoms with Gasteiger partial charge in [0.25, 0.3) is 0 Å². The fourth-order valence-corrected chi connectivity index (χ4v) is 4.53. The Balaban J connectivity index is 1.91. The van der Waals surface area contributed by atoms with Gasteiger partial charge in [0.2, 0.25) is 0 Å². The third kappa shape index (κ3) is 8.98. The van der Waals surface area contributed by atoms with Crippen molar-refractivity contribution in [3.8, 4) is 23.0 Å². The molecule has 2 aromatic carbocycles. The Morgan fingerprint density at radius 1 is 0.833 bits per heavy atom. The summed E-state index contributed by atoms with van der Waals surface area (Å²) < 4.78 is 53.4. The first-order valence-electron chi connectivity index (χ1n) is 12.3. The molecule has 1 aliphatic rings. The lowest BCUT2D eigenvalue weighted by molar-refractivity contribution is -0.0917. The summed E-state index contributed by atoms with van der Waals surface area (Å²) in [5, 5.41) is 0. The summed E-state index contributed by atoms with van der Waals surface area (Å²) in [4.78, 5) is 10.2. The van der Waals surface area contributed by atoms with Gasteiger partial charge in [-0.3, -0.25) is 4.57 Å². The van der Waals surface area contributed by atoms with E-state index in [0.29, 0.717) is 55.8 Å². The van der Waals surface area contributed by atoms with Crippen molar-refractivity contribution in [2.24, 2.45) is 0 Å². The minimum absolute atomic E-state index is 0.0685. The van der Waals surface area contributed by atoms with Crippen molar-refractivity contribution in [2.45, 2.75) is 38.7 Å². The third-order valence-electron chi connectivity index (χ3n) is 5.50. The van der Waals surface area contributed by atoms with E-state index in [0.717, 1.165) is 12.8 Å². The predicted octanol–water partition coefficient (Wildman–Crippen LogP) is 5.06. The van der Waals surface area contributed by atoms with E-state index < -0.39 is 19.5 Å². The average Bonchev–Trinajstić information content (AvgIpc) is 2.88. The number of hydrogen-bond acceptors (Lipinski definition) is 8. The van der Waals surface area contributed by atoms with Gasteiger partial charge in [-0.1, -0.05) is 44.0 Å². The Morgan fingerprint density at radius 2 is 1.33 bits per heavy atom. The van der Waals surface area contributed by atoms with E-state index in [1.165, 1.54) is 0 Å². The van der Waals surface area contributed by atoms with E-state index in [1.54, 1.807) is 6.92 Å². The summed E-state index contributed by atoms with van der Waals surface area (Å²) in [6.07, 6.45) is 1.75. The molecule has 0 aliphatic carbocycles. The van der Waals surface area contributed by atoms with Gasteiger partial charge in [0.15, 0.2) is 23.0 Å². The molecule has 9 nitrogen and oxygen atoms in total. The van der Waals surface area contributed by atoms with Gasteiger partial charge in [0, 0.05) is 0 Å². The van der Waals surface area contributed by atoms with Gasteiger partial charge < -0.3 is 37.8 Å². The van der Waals surface area contributed by atoms with Crippen LogP contribution in [0, 0.1) is 0 Å². The smallest absolute Gasteiger partial charge is 0.353 e. The number of fused-ring (bicyclic) bond motifs is 2. The molecular formula is C26H37O9P. The first-order valence-corrected chi connectivity index (χ1v) is 14.1. The minimum atomic E-state index is -3.95. The van der Waals surface area contributed by atoms with Crippen LogP contribution in [0.3, 0.4) is 0 Å². The topological polar surface area (TPSA) is 102 Å². The number of hydrogen-bond donors (Lipinski definition) is 1. The van der Waals surface area contributed by atoms with E-state index >= 15 is 0 Å². The number of ether oxygens (including phenoxy) is 6. The van der Waals surface area contributed by atoms with Gasteiger partial charge in [0.1, 0.15) is 38.4 Å². The molecule has 0 spiro atoms. The largest absolute Gasteiger partial charge is 0.487 e. The molecule has 1 aliphatic heterocycles. The van der Waals surface area contributed by atoms with Crippen LogP contribution in [0.5, 0.6) is 23.0 Å². The van der Waals surface area contributed by atoms with Crippen molar-refractivity contribution in [2.75, 3.05) is 52.6 Å². The Hall–Kier alpha value is -2.29. The van der Waals surface area contributed by atoms with E-state index in [1.807, 2.05) is 48.5 Å². The van der Waals surface area contributed by atoms with E-state index in [9.17, 15) is 9.46 Å². The second-order valence-electron chi connectivity index (χ2n) is 8.40. The van der Waals surface area contributed by atoms with Crippen LogP contribution in [0.4, 0.5) is 0 Å². The van der Waals surface area contributed by atoms with Gasteiger partial charge in [-0.05, 0) is 37.6 Å². The molecule has 2 aromatic rings. The summed E-state index contributed by atoms with van der Waals surface area (Å²) in [6, 6.07) is 14.7. The Morgan fingerprint density at radius 3 is 1.81 bits per heavy atom. The summed E-state index contributed by atoms with van der Waals surface area (Å²) in [7, 11) is -3.95. The molecule has 1 atom stereocenters. The fraction of sp³-hybridized carbons (Fsp3) is 0.538. The standard InChI is InChI=1S/C26H37O9P/c1-3-5-14-26(34-21-36(27,28)35-4-2)19-32-24-12-8-6-10-22(24)30-17-15-29-16-18-31-23-11-7-9-13-25(23)33-20-26/h6-13H,3-5,14-21H2,1-2H3,(H,27,28). The molecule has 10 heteroatoms. The summed E-state index contributed by atoms with van der Waals surface area (Å²) in [5.41, 5.74) is -1.04. The van der Waals surface area contributed by atoms with E-state index in [-0.39, 0.29) is 19.8 Å². The van der Waals surface area contributed by atoms with Crippen LogP contribution < -0.4 is 18.9 Å². The predicted molar refractivity (Wildman–Crippen MR) is 135 cm³/mol. The van der Waals surface area contributed by atoms with Crippen LogP contribution in [0.2, 0.25) is 0 Å². The quantitative estimate of drug-likeness (QED) is 0.475. The van der Waals surface area contributed by atoms with Crippen molar-refractivity contribution < 1.29 is 42.4 Å². The number of benzene rings is 2. The number of unbranched alkanes of at least 4 members (excludes halogenated alkanes) is 1. The molecule has 0 fully saturated rings. The molecule has 3 rings (SSSR count). The average molecular weight is 525 g/mol. The lowest BCUT2D eigenvalue weighted by Gasteiger charge is -2.34. The second-order valence-corrected chi connectivity index (χ2v) is 10.2. The molecule has 1 heterocycles. The lowest BCUT2D eigenvalue weighted by Crippen LogP contribution is -2.45. The molecule has 0 amide bonds. The maximum absolute atomic E-state index is 12.5. The zero-order chi connectivity index (χ0) is 25.7. The number of para-hydroxylation sites is 4. The first-order chi connectivity index (χ1) is 17.5. The molecule has 1 N–H and O–H groups in total. The van der Waals surface area contributed by atoms with Crippen molar-refractivity contribution in [3.05, 3.63) is 48.5 Å². The molecule has 36 heavy (non-hydrogen) atoms. The Kier molecular flexibility index (Phi) is 11.4. The van der Waals surface area contributed by atoms with Crippen LogP contribution in [-0.4, -0.2) is 63.1 Å². The van der Waals surface area contributed by atoms with E-state index in [4.69, 9.17) is 32.9 Å². The maximum atomic E-state index is 12.5. The van der Waals surface area contributed by atoms with E-state index in [2.05, 4.69) is 6.92 Å². The SMILES string of the molecule is CCCCC1(OCP(=O)(O)OCC)COc2ccccc2OCCOCCOc2ccccc2OC1. The number of rotatable bonds is 8. The van der Waals surface area contributed by atoms with Crippen LogP contribution >= 0.6 is 7.60 Å².